The van der Waals surface area contributed by atoms with Gasteiger partial charge in [0.05, 0.1) is 0 Å². The molecule has 2 aliphatic rings. The summed E-state index contributed by atoms with van der Waals surface area (Å²) in [5.74, 6) is 0.755. The first kappa shape index (κ1) is 11.9. The van der Waals surface area contributed by atoms with Crippen molar-refractivity contribution in [2.75, 3.05) is 0 Å². The van der Waals surface area contributed by atoms with Gasteiger partial charge in [-0.2, -0.15) is 0 Å². The molecule has 2 aliphatic carbocycles. The molecule has 0 N–H and O–H groups in total. The van der Waals surface area contributed by atoms with Crippen molar-refractivity contribution < 1.29 is 4.79 Å². The van der Waals surface area contributed by atoms with Crippen molar-refractivity contribution in [2.45, 2.75) is 25.2 Å². The van der Waals surface area contributed by atoms with Gasteiger partial charge in [-0.1, -0.05) is 66.2 Å². The van der Waals surface area contributed by atoms with E-state index < -0.39 is 0 Å². The fourth-order valence-electron chi connectivity index (χ4n) is 3.32. The standard InChI is InChI=1S/C16H15BrO/c1-16(2)13-6-4-3-5-11(13)12-8-15(17)10(9-18)7-14(12)16/h3-9,12,14H,1-2H3. The number of carbonyl (C=O) groups excluding carboxylic acids is 1. The Balaban J connectivity index is 2.20. The van der Waals surface area contributed by atoms with Crippen molar-refractivity contribution in [1.82, 2.24) is 0 Å². The molecule has 1 aromatic carbocycles. The van der Waals surface area contributed by atoms with Crippen LogP contribution in [0.1, 0.15) is 30.9 Å². The molecule has 0 amide bonds. The number of carbonyl (C=O) groups is 1. The van der Waals surface area contributed by atoms with Crippen LogP contribution in [-0.4, -0.2) is 6.29 Å². The summed E-state index contributed by atoms with van der Waals surface area (Å²) in [5.41, 5.74) is 3.66. The lowest BCUT2D eigenvalue weighted by atomic mass is 9.73. The van der Waals surface area contributed by atoms with E-state index in [2.05, 4.69) is 66.2 Å². The zero-order valence-corrected chi connectivity index (χ0v) is 12.1. The third-order valence-corrected chi connectivity index (χ3v) is 5.04. The molecule has 0 saturated carbocycles. The third-order valence-electron chi connectivity index (χ3n) is 4.32. The van der Waals surface area contributed by atoms with Crippen LogP contribution < -0.4 is 0 Å². The Morgan fingerprint density at radius 2 is 1.94 bits per heavy atom. The van der Waals surface area contributed by atoms with Crippen molar-refractivity contribution >= 4 is 22.2 Å². The molecule has 2 atom stereocenters. The van der Waals surface area contributed by atoms with Gasteiger partial charge in [0.25, 0.3) is 0 Å². The second kappa shape index (κ2) is 3.92. The Labute approximate surface area is 116 Å². The molecular formula is C16H15BrO. The molecule has 0 aliphatic heterocycles. The van der Waals surface area contributed by atoms with Crippen molar-refractivity contribution in [3.63, 3.8) is 0 Å². The van der Waals surface area contributed by atoms with Gasteiger partial charge in [-0.05, 0) is 22.5 Å². The monoisotopic (exact) mass is 302 g/mol. The number of halogens is 1. The van der Waals surface area contributed by atoms with Gasteiger partial charge in [-0.15, -0.1) is 0 Å². The summed E-state index contributed by atoms with van der Waals surface area (Å²) in [6.07, 6.45) is 5.25. The molecule has 92 valence electrons. The van der Waals surface area contributed by atoms with Crippen LogP contribution in [0.15, 0.2) is 46.5 Å². The van der Waals surface area contributed by atoms with E-state index in [1.807, 2.05) is 0 Å². The van der Waals surface area contributed by atoms with E-state index in [1.165, 1.54) is 11.1 Å². The van der Waals surface area contributed by atoms with Gasteiger partial charge < -0.3 is 0 Å². The first-order valence-corrected chi connectivity index (χ1v) is 6.99. The largest absolute Gasteiger partial charge is 0.298 e. The summed E-state index contributed by atoms with van der Waals surface area (Å²) in [6, 6.07) is 8.61. The molecule has 3 rings (SSSR count). The lowest BCUT2D eigenvalue weighted by molar-refractivity contribution is -0.104. The highest BCUT2D eigenvalue weighted by Crippen LogP contribution is 2.54. The summed E-state index contributed by atoms with van der Waals surface area (Å²) < 4.78 is 0.922. The molecular weight excluding hydrogens is 288 g/mol. The highest BCUT2D eigenvalue weighted by Gasteiger charge is 2.45. The van der Waals surface area contributed by atoms with E-state index in [0.29, 0.717) is 11.8 Å². The van der Waals surface area contributed by atoms with E-state index in [9.17, 15) is 4.79 Å². The van der Waals surface area contributed by atoms with Gasteiger partial charge in [0.1, 0.15) is 0 Å². The van der Waals surface area contributed by atoms with Gasteiger partial charge in [0, 0.05) is 16.0 Å². The molecule has 0 saturated heterocycles. The number of benzene rings is 1. The maximum absolute atomic E-state index is 11.1. The average molecular weight is 303 g/mol. The topological polar surface area (TPSA) is 17.1 Å². The highest BCUT2D eigenvalue weighted by atomic mass is 79.9. The predicted molar refractivity (Wildman–Crippen MR) is 76.9 cm³/mol. The summed E-state index contributed by atoms with van der Waals surface area (Å²) in [6.45, 7) is 4.53. The quantitative estimate of drug-likeness (QED) is 0.714. The molecule has 1 nitrogen and oxygen atoms in total. The van der Waals surface area contributed by atoms with E-state index in [-0.39, 0.29) is 5.41 Å². The number of hydrogen-bond donors (Lipinski definition) is 0. The van der Waals surface area contributed by atoms with Gasteiger partial charge in [0.2, 0.25) is 0 Å². The Morgan fingerprint density at radius 3 is 2.67 bits per heavy atom. The summed E-state index contributed by atoms with van der Waals surface area (Å²) in [5, 5.41) is 0. The molecule has 0 bridgehead atoms. The second-order valence-electron chi connectivity index (χ2n) is 5.61. The van der Waals surface area contributed by atoms with Crippen LogP contribution in [0, 0.1) is 5.92 Å². The summed E-state index contributed by atoms with van der Waals surface area (Å²) in [4.78, 5) is 11.1. The third kappa shape index (κ3) is 1.48. The number of hydrogen-bond acceptors (Lipinski definition) is 1. The lowest BCUT2D eigenvalue weighted by Crippen LogP contribution is -2.25. The Bertz CT molecular complexity index is 581. The lowest BCUT2D eigenvalue weighted by Gasteiger charge is -2.30. The Morgan fingerprint density at radius 1 is 1.22 bits per heavy atom. The van der Waals surface area contributed by atoms with Crippen LogP contribution in [0.4, 0.5) is 0 Å². The fraction of sp³-hybridized carbons (Fsp3) is 0.312. The molecule has 2 heteroatoms. The zero-order valence-electron chi connectivity index (χ0n) is 10.5. The minimum Gasteiger partial charge on any atom is -0.298 e. The molecule has 0 aromatic heterocycles. The van der Waals surface area contributed by atoms with Gasteiger partial charge in [-0.25, -0.2) is 0 Å². The Kier molecular flexibility index (Phi) is 2.60. The normalized spacial score (nSPS) is 27.9. The van der Waals surface area contributed by atoms with E-state index in [1.54, 1.807) is 0 Å². The molecule has 1 aromatic rings. The van der Waals surface area contributed by atoms with Crippen LogP contribution in [0.2, 0.25) is 0 Å². The zero-order chi connectivity index (χ0) is 12.9. The molecule has 0 fully saturated rings. The smallest absolute Gasteiger partial charge is 0.150 e. The van der Waals surface area contributed by atoms with Crippen LogP contribution in [0.25, 0.3) is 0 Å². The van der Waals surface area contributed by atoms with Gasteiger partial charge in [0.15, 0.2) is 6.29 Å². The van der Waals surface area contributed by atoms with Crippen molar-refractivity contribution in [3.8, 4) is 0 Å². The van der Waals surface area contributed by atoms with E-state index >= 15 is 0 Å². The van der Waals surface area contributed by atoms with Crippen LogP contribution >= 0.6 is 15.9 Å². The first-order valence-electron chi connectivity index (χ1n) is 6.20. The van der Waals surface area contributed by atoms with Crippen molar-refractivity contribution in [3.05, 3.63) is 57.6 Å². The first-order chi connectivity index (χ1) is 8.55. The minimum absolute atomic E-state index is 0.0831. The van der Waals surface area contributed by atoms with Gasteiger partial charge in [-0.3, -0.25) is 4.79 Å². The molecule has 18 heavy (non-hydrogen) atoms. The van der Waals surface area contributed by atoms with Crippen LogP contribution in [-0.2, 0) is 10.2 Å². The number of allylic oxidation sites excluding steroid dienone is 4. The average Bonchev–Trinajstić information content (AvgIpc) is 2.58. The molecule has 0 heterocycles. The predicted octanol–water partition coefficient (Wildman–Crippen LogP) is 4.10. The Hall–Kier alpha value is -1.15. The van der Waals surface area contributed by atoms with E-state index in [0.717, 1.165) is 16.3 Å². The van der Waals surface area contributed by atoms with Crippen LogP contribution in [0.3, 0.4) is 0 Å². The van der Waals surface area contributed by atoms with Gasteiger partial charge >= 0.3 is 0 Å². The van der Waals surface area contributed by atoms with Crippen LogP contribution in [0.5, 0.6) is 0 Å². The maximum atomic E-state index is 11.1. The number of rotatable bonds is 1. The highest BCUT2D eigenvalue weighted by molar-refractivity contribution is 9.12. The number of aldehydes is 1. The molecule has 0 radical (unpaired) electrons. The SMILES string of the molecule is CC1(C)c2ccccc2C2C=C(Br)C(C=O)=CC21. The van der Waals surface area contributed by atoms with Crippen molar-refractivity contribution in [1.29, 1.82) is 0 Å². The second-order valence-corrected chi connectivity index (χ2v) is 6.47. The minimum atomic E-state index is 0.0831. The maximum Gasteiger partial charge on any atom is 0.150 e. The number of fused-ring (bicyclic) bond motifs is 3. The summed E-state index contributed by atoms with van der Waals surface area (Å²) >= 11 is 3.50. The fourth-order valence-corrected chi connectivity index (χ4v) is 3.83. The van der Waals surface area contributed by atoms with Crippen molar-refractivity contribution in [2.24, 2.45) is 5.92 Å². The summed E-state index contributed by atoms with van der Waals surface area (Å²) in [7, 11) is 0. The molecule has 2 unspecified atom stereocenters. The molecule has 0 spiro atoms. The van der Waals surface area contributed by atoms with E-state index in [4.69, 9.17) is 0 Å².